The molecule has 0 radical (unpaired) electrons. The number of para-hydroxylation sites is 1. The molecule has 0 unspecified atom stereocenters. The van der Waals surface area contributed by atoms with Crippen LogP contribution >= 0.6 is 0 Å². The van der Waals surface area contributed by atoms with E-state index in [2.05, 4.69) is 26.4 Å². The van der Waals surface area contributed by atoms with E-state index < -0.39 is 0 Å². The Morgan fingerprint density at radius 3 is 2.73 bits per heavy atom. The van der Waals surface area contributed by atoms with E-state index in [4.69, 9.17) is 5.73 Å². The van der Waals surface area contributed by atoms with Gasteiger partial charge in [-0.1, -0.05) is 36.4 Å². The van der Waals surface area contributed by atoms with Gasteiger partial charge in [0.1, 0.15) is 0 Å². The molecule has 0 bridgehead atoms. The second-order valence-electron chi connectivity index (χ2n) is 6.11. The van der Waals surface area contributed by atoms with Crippen molar-refractivity contribution < 1.29 is 0 Å². The molecule has 26 heavy (non-hydrogen) atoms. The summed E-state index contributed by atoms with van der Waals surface area (Å²) in [7, 11) is 0. The molecule has 0 aliphatic rings. The summed E-state index contributed by atoms with van der Waals surface area (Å²) in [5.74, 6) is 0.564. The fourth-order valence-electron chi connectivity index (χ4n) is 3.14. The number of fused-ring (bicyclic) bond motifs is 2. The number of nitrogens with two attached hydrogens (primary N) is 1. The zero-order chi connectivity index (χ0) is 17.5. The third kappa shape index (κ3) is 2.36. The number of hydrogen-bond acceptors (Lipinski definition) is 4. The molecular formula is C20H16N6. The quantitative estimate of drug-likeness (QED) is 0.459. The topological polar surface area (TPSA) is 84.0 Å². The molecule has 0 atom stereocenters. The number of aromatic amines is 1. The van der Waals surface area contributed by atoms with Gasteiger partial charge in [0.05, 0.1) is 11.4 Å². The van der Waals surface area contributed by atoms with E-state index in [1.807, 2.05) is 71.4 Å². The van der Waals surface area contributed by atoms with Crippen LogP contribution in [0.25, 0.3) is 27.8 Å². The Morgan fingerprint density at radius 2 is 1.85 bits per heavy atom. The Bertz CT molecular complexity index is 1220. The van der Waals surface area contributed by atoms with Crippen molar-refractivity contribution in [2.24, 2.45) is 0 Å². The van der Waals surface area contributed by atoms with Crippen molar-refractivity contribution in [2.75, 3.05) is 11.1 Å². The highest BCUT2D eigenvalue weighted by molar-refractivity contribution is 5.93. The minimum atomic E-state index is 0.564. The number of H-pyrrole nitrogens is 1. The van der Waals surface area contributed by atoms with Crippen molar-refractivity contribution in [1.29, 1.82) is 0 Å². The fraction of sp³-hybridized carbons (Fsp3) is 0. The van der Waals surface area contributed by atoms with Crippen molar-refractivity contribution in [2.45, 2.75) is 0 Å². The van der Waals surface area contributed by atoms with Crippen molar-refractivity contribution in [3.63, 3.8) is 0 Å². The lowest BCUT2D eigenvalue weighted by atomic mass is 10.1. The number of nitrogens with one attached hydrogen (secondary N) is 2. The Hall–Kier alpha value is -3.80. The molecule has 126 valence electrons. The summed E-state index contributed by atoms with van der Waals surface area (Å²) in [6, 6.07) is 22.0. The van der Waals surface area contributed by atoms with Gasteiger partial charge in [-0.3, -0.25) is 0 Å². The number of hydrogen-bond donors (Lipinski definition) is 3. The average Bonchev–Trinajstić information content (AvgIpc) is 3.25. The van der Waals surface area contributed by atoms with Crippen LogP contribution in [0, 0.1) is 0 Å². The predicted octanol–water partition coefficient (Wildman–Crippen LogP) is 4.20. The largest absolute Gasteiger partial charge is 0.397 e. The van der Waals surface area contributed by atoms with Gasteiger partial charge in [-0.05, 0) is 30.3 Å². The Morgan fingerprint density at radius 1 is 0.962 bits per heavy atom. The zero-order valence-electron chi connectivity index (χ0n) is 13.8. The molecule has 0 amide bonds. The van der Waals surface area contributed by atoms with Gasteiger partial charge in [0.25, 0.3) is 0 Å². The summed E-state index contributed by atoms with van der Waals surface area (Å²) >= 11 is 0. The number of anilines is 3. The number of nitrogens with zero attached hydrogens (tertiary/aromatic N) is 3. The first kappa shape index (κ1) is 14.5. The summed E-state index contributed by atoms with van der Waals surface area (Å²) in [5.41, 5.74) is 11.5. The van der Waals surface area contributed by atoms with Crippen LogP contribution in [-0.2, 0) is 0 Å². The van der Waals surface area contributed by atoms with Gasteiger partial charge in [-0.2, -0.15) is 4.98 Å². The maximum Gasteiger partial charge on any atom is 0.247 e. The molecular weight excluding hydrogens is 324 g/mol. The third-order valence-electron chi connectivity index (χ3n) is 4.40. The highest BCUT2D eigenvalue weighted by Crippen LogP contribution is 2.27. The van der Waals surface area contributed by atoms with Crippen LogP contribution in [-0.4, -0.2) is 19.6 Å². The van der Waals surface area contributed by atoms with Crippen LogP contribution in [0.2, 0.25) is 0 Å². The van der Waals surface area contributed by atoms with Gasteiger partial charge in [-0.15, -0.1) is 5.10 Å². The van der Waals surface area contributed by atoms with Gasteiger partial charge >= 0.3 is 0 Å². The number of nitrogen functional groups attached to an aromatic ring is 1. The van der Waals surface area contributed by atoms with Gasteiger partial charge in [-0.25, -0.2) is 4.52 Å². The molecule has 0 saturated carbocycles. The Kier molecular flexibility index (Phi) is 3.15. The van der Waals surface area contributed by atoms with Crippen LogP contribution in [0.3, 0.4) is 0 Å². The van der Waals surface area contributed by atoms with Crippen LogP contribution < -0.4 is 11.1 Å². The zero-order valence-corrected chi connectivity index (χ0v) is 13.8. The van der Waals surface area contributed by atoms with Crippen LogP contribution in [0.15, 0.2) is 72.9 Å². The number of rotatable bonds is 3. The molecule has 6 heteroatoms. The second-order valence-corrected chi connectivity index (χ2v) is 6.11. The third-order valence-corrected chi connectivity index (χ3v) is 4.40. The summed E-state index contributed by atoms with van der Waals surface area (Å²) < 4.78 is 1.85. The van der Waals surface area contributed by atoms with Gasteiger partial charge in [0, 0.05) is 28.4 Å². The molecule has 0 spiro atoms. The minimum Gasteiger partial charge on any atom is -0.397 e. The highest BCUT2D eigenvalue weighted by Gasteiger charge is 2.10. The standard InChI is InChI=1S/C20H16N6/c21-16-12-22-17-11-13(9-10-15(16)17)18-7-4-8-19-24-20(25-26(18)19)23-14-5-2-1-3-6-14/h1-12,22H,21H2,(H,23,25). The van der Waals surface area contributed by atoms with Crippen molar-refractivity contribution in [3.8, 4) is 11.3 Å². The lowest BCUT2D eigenvalue weighted by molar-refractivity contribution is 0.974. The summed E-state index contributed by atoms with van der Waals surface area (Å²) in [5, 5.41) is 8.89. The van der Waals surface area contributed by atoms with E-state index in [1.165, 1.54) is 0 Å². The van der Waals surface area contributed by atoms with Gasteiger partial charge in [0.2, 0.25) is 5.95 Å². The molecule has 3 heterocycles. The minimum absolute atomic E-state index is 0.564. The number of benzene rings is 2. The molecule has 5 aromatic rings. The van der Waals surface area contributed by atoms with Crippen LogP contribution in [0.5, 0.6) is 0 Å². The van der Waals surface area contributed by atoms with E-state index in [0.29, 0.717) is 5.95 Å². The van der Waals surface area contributed by atoms with Crippen molar-refractivity contribution >= 4 is 33.9 Å². The molecule has 0 aliphatic heterocycles. The van der Waals surface area contributed by atoms with Crippen LogP contribution in [0.1, 0.15) is 0 Å². The Balaban J connectivity index is 1.60. The summed E-state index contributed by atoms with van der Waals surface area (Å²) in [4.78, 5) is 7.77. The second kappa shape index (κ2) is 5.63. The lowest BCUT2D eigenvalue weighted by Crippen LogP contribution is -1.95. The van der Waals surface area contributed by atoms with Crippen molar-refractivity contribution in [1.82, 2.24) is 19.6 Å². The maximum atomic E-state index is 5.97. The van der Waals surface area contributed by atoms with E-state index >= 15 is 0 Å². The predicted molar refractivity (Wildman–Crippen MR) is 104 cm³/mol. The maximum absolute atomic E-state index is 5.97. The van der Waals surface area contributed by atoms with Gasteiger partial charge < -0.3 is 16.0 Å². The molecule has 0 aliphatic carbocycles. The van der Waals surface area contributed by atoms with Crippen molar-refractivity contribution in [3.05, 3.63) is 72.9 Å². The summed E-state index contributed by atoms with van der Waals surface area (Å²) in [6.45, 7) is 0. The molecule has 5 rings (SSSR count). The molecule has 0 saturated heterocycles. The monoisotopic (exact) mass is 340 g/mol. The smallest absolute Gasteiger partial charge is 0.247 e. The highest BCUT2D eigenvalue weighted by atomic mass is 15.4. The first-order valence-corrected chi connectivity index (χ1v) is 8.33. The first-order chi connectivity index (χ1) is 12.8. The average molecular weight is 340 g/mol. The SMILES string of the molecule is Nc1c[nH]c2cc(-c3cccc4nc(Nc5ccccc5)nn34)ccc12. The molecule has 3 aromatic heterocycles. The molecule has 0 fully saturated rings. The number of aromatic nitrogens is 4. The normalized spacial score (nSPS) is 11.2. The Labute approximate surface area is 149 Å². The fourth-order valence-corrected chi connectivity index (χ4v) is 3.14. The van der Waals surface area contributed by atoms with Gasteiger partial charge in [0.15, 0.2) is 5.65 Å². The molecule has 4 N–H and O–H groups in total. The number of pyridine rings is 1. The molecule has 6 nitrogen and oxygen atoms in total. The first-order valence-electron chi connectivity index (χ1n) is 8.33. The molecule has 2 aromatic carbocycles. The van der Waals surface area contributed by atoms with E-state index in [-0.39, 0.29) is 0 Å². The van der Waals surface area contributed by atoms with E-state index in [1.54, 1.807) is 0 Å². The van der Waals surface area contributed by atoms with E-state index in [9.17, 15) is 0 Å². The van der Waals surface area contributed by atoms with E-state index in [0.717, 1.165) is 39.2 Å². The van der Waals surface area contributed by atoms with Crippen LogP contribution in [0.4, 0.5) is 17.3 Å². The summed E-state index contributed by atoms with van der Waals surface area (Å²) in [6.07, 6.45) is 1.81. The lowest BCUT2D eigenvalue weighted by Gasteiger charge is -2.04.